The summed E-state index contributed by atoms with van der Waals surface area (Å²) in [5, 5.41) is 15.8. The average molecular weight is 502 g/mol. The Morgan fingerprint density at radius 3 is 2.47 bits per heavy atom. The molecule has 0 bridgehead atoms. The standard InChI is InChI=1S/C28H28N4O3S/c1-19-4-10-24(22(14-19)16-29)21-7-11-26-25(15-21)28(12-2-3-13-28)18-32(26)27(33)31-17-20-5-8-23(9-6-20)36(30,34)35/h4-11,14-15H,2-3,12-13,17-18H2,1H3,(H,31,33)(H2,30,34,35)/p+1. The Morgan fingerprint density at radius 2 is 1.81 bits per heavy atom. The van der Waals surface area contributed by atoms with Crippen LogP contribution >= 0.6 is 0 Å². The lowest BCUT2D eigenvalue weighted by Crippen LogP contribution is -2.56. The summed E-state index contributed by atoms with van der Waals surface area (Å²) in [6, 6.07) is 20.7. The maximum absolute atomic E-state index is 13.3. The monoisotopic (exact) mass is 501 g/mol. The van der Waals surface area contributed by atoms with Crippen molar-refractivity contribution in [2.75, 3.05) is 11.4 Å². The number of carbonyl (C=O) groups is 1. The summed E-state index contributed by atoms with van der Waals surface area (Å²) < 4.78 is 23.2. The first-order valence-electron chi connectivity index (χ1n) is 12.1. The molecular formula is C28H29N4O3S+. The fraction of sp³-hybridized carbons (Fsp3) is 0.286. The molecule has 1 fully saturated rings. The molecule has 184 valence electrons. The van der Waals surface area contributed by atoms with Crippen molar-refractivity contribution < 1.29 is 18.4 Å². The number of fused-ring (bicyclic) bond motifs is 2. The Bertz CT molecular complexity index is 1480. The van der Waals surface area contributed by atoms with E-state index >= 15 is 0 Å². The van der Waals surface area contributed by atoms with Gasteiger partial charge in [-0.05, 0) is 77.9 Å². The van der Waals surface area contributed by atoms with Crippen LogP contribution in [0.5, 0.6) is 0 Å². The fourth-order valence-electron chi connectivity index (χ4n) is 5.59. The molecule has 8 heteroatoms. The van der Waals surface area contributed by atoms with Crippen molar-refractivity contribution in [3.8, 4) is 17.2 Å². The van der Waals surface area contributed by atoms with Gasteiger partial charge in [-0.25, -0.2) is 9.93 Å². The zero-order valence-electron chi connectivity index (χ0n) is 20.3. The molecule has 1 saturated carbocycles. The highest BCUT2D eigenvalue weighted by Crippen LogP contribution is 2.51. The molecule has 1 aliphatic heterocycles. The number of aryl methyl sites for hydroxylation is 1. The zero-order valence-corrected chi connectivity index (χ0v) is 21.1. The lowest BCUT2D eigenvalue weighted by molar-refractivity contribution is -0.164. The second-order valence-electron chi connectivity index (χ2n) is 9.88. The first-order chi connectivity index (χ1) is 17.2. The molecule has 0 radical (unpaired) electrons. The van der Waals surface area contributed by atoms with Gasteiger partial charge >= 0.3 is 16.1 Å². The average Bonchev–Trinajstić information content (AvgIpc) is 3.47. The molecule has 0 saturated heterocycles. The predicted molar refractivity (Wildman–Crippen MR) is 138 cm³/mol. The SMILES string of the molecule is Cc1ccc(-c2ccc3c(c2)C2(CCCC2)CN3C(=O)NCc2ccc(S([NH3+])(=O)=O)cc2)c(C#N)c1. The van der Waals surface area contributed by atoms with Crippen LogP contribution in [0.25, 0.3) is 11.1 Å². The van der Waals surface area contributed by atoms with Crippen LogP contribution in [-0.4, -0.2) is 21.0 Å². The van der Waals surface area contributed by atoms with E-state index < -0.39 is 10.0 Å². The first kappa shape index (κ1) is 24.0. The minimum atomic E-state index is -3.50. The van der Waals surface area contributed by atoms with Crippen LogP contribution in [0.2, 0.25) is 0 Å². The number of nitrogens with zero attached hydrogens (tertiary/aromatic N) is 2. The van der Waals surface area contributed by atoms with Crippen LogP contribution in [0, 0.1) is 18.3 Å². The van der Waals surface area contributed by atoms with E-state index in [9.17, 15) is 18.5 Å². The van der Waals surface area contributed by atoms with Crippen LogP contribution in [0.4, 0.5) is 10.5 Å². The molecule has 1 heterocycles. The van der Waals surface area contributed by atoms with E-state index in [1.807, 2.05) is 42.2 Å². The summed E-state index contributed by atoms with van der Waals surface area (Å²) in [6.45, 7) is 2.91. The third kappa shape index (κ3) is 4.36. The molecule has 7 nitrogen and oxygen atoms in total. The zero-order chi connectivity index (χ0) is 25.5. The minimum absolute atomic E-state index is 0.0652. The quantitative estimate of drug-likeness (QED) is 0.562. The van der Waals surface area contributed by atoms with Crippen molar-refractivity contribution in [1.29, 1.82) is 5.26 Å². The van der Waals surface area contributed by atoms with Gasteiger partial charge in [0.05, 0.1) is 11.6 Å². The number of benzene rings is 3. The molecule has 1 aliphatic carbocycles. The van der Waals surface area contributed by atoms with Crippen LogP contribution in [0.3, 0.4) is 0 Å². The molecule has 0 aromatic heterocycles. The van der Waals surface area contributed by atoms with Crippen LogP contribution in [0.1, 0.15) is 47.9 Å². The second-order valence-corrected chi connectivity index (χ2v) is 11.6. The number of carbonyl (C=O) groups excluding carboxylic acids is 1. The van der Waals surface area contributed by atoms with Gasteiger partial charge in [0.2, 0.25) is 0 Å². The van der Waals surface area contributed by atoms with E-state index in [4.69, 9.17) is 0 Å². The van der Waals surface area contributed by atoms with Gasteiger partial charge in [0.1, 0.15) is 4.90 Å². The maximum Gasteiger partial charge on any atom is 0.322 e. The Balaban J connectivity index is 1.42. The normalized spacial score (nSPS) is 16.1. The third-order valence-electron chi connectivity index (χ3n) is 7.46. The summed E-state index contributed by atoms with van der Waals surface area (Å²) in [6.07, 6.45) is 4.34. The Labute approximate surface area is 211 Å². The van der Waals surface area contributed by atoms with Crippen molar-refractivity contribution in [3.05, 3.63) is 82.9 Å². The fourth-order valence-corrected chi connectivity index (χ4v) is 6.14. The number of hydrogen-bond donors (Lipinski definition) is 2. The molecular weight excluding hydrogens is 472 g/mol. The van der Waals surface area contributed by atoms with Crippen molar-refractivity contribution in [2.24, 2.45) is 0 Å². The third-order valence-corrected chi connectivity index (χ3v) is 8.45. The van der Waals surface area contributed by atoms with Gasteiger partial charge < -0.3 is 5.32 Å². The summed E-state index contributed by atoms with van der Waals surface area (Å²) in [4.78, 5) is 15.3. The van der Waals surface area contributed by atoms with Gasteiger partial charge in [-0.1, -0.05) is 43.2 Å². The van der Waals surface area contributed by atoms with Crippen LogP contribution in [0.15, 0.2) is 65.6 Å². The van der Waals surface area contributed by atoms with E-state index in [0.717, 1.165) is 53.6 Å². The van der Waals surface area contributed by atoms with Crippen molar-refractivity contribution in [3.63, 3.8) is 0 Å². The summed E-state index contributed by atoms with van der Waals surface area (Å²) in [7, 11) is -3.50. The van der Waals surface area contributed by atoms with Gasteiger partial charge in [0.25, 0.3) is 0 Å². The number of quaternary nitrogens is 1. The number of nitrogens with one attached hydrogen (secondary N) is 1. The van der Waals surface area contributed by atoms with E-state index in [-0.39, 0.29) is 16.3 Å². The van der Waals surface area contributed by atoms with Crippen LogP contribution in [-0.2, 0) is 22.0 Å². The second kappa shape index (κ2) is 9.08. The highest BCUT2D eigenvalue weighted by Gasteiger charge is 2.46. The lowest BCUT2D eigenvalue weighted by atomic mass is 9.79. The topological polar surface area (TPSA) is 118 Å². The molecule has 1 spiro atoms. The Hall–Kier alpha value is -3.67. The minimum Gasteiger partial charge on any atom is -0.334 e. The van der Waals surface area contributed by atoms with Crippen LogP contribution < -0.4 is 15.4 Å². The van der Waals surface area contributed by atoms with Crippen molar-refractivity contribution in [2.45, 2.75) is 49.5 Å². The number of sulfonamides is 1. The van der Waals surface area contributed by atoms with Gasteiger partial charge in [0.15, 0.2) is 0 Å². The summed E-state index contributed by atoms with van der Waals surface area (Å²) >= 11 is 0. The largest absolute Gasteiger partial charge is 0.334 e. The molecule has 0 unspecified atom stereocenters. The van der Waals surface area contributed by atoms with Gasteiger partial charge in [-0.3, -0.25) is 4.90 Å². The number of rotatable bonds is 4. The maximum atomic E-state index is 13.3. The number of urea groups is 1. The number of anilines is 1. The molecule has 4 N–H and O–H groups in total. The van der Waals surface area contributed by atoms with Crippen molar-refractivity contribution in [1.82, 2.24) is 5.32 Å². The first-order valence-corrected chi connectivity index (χ1v) is 13.7. The summed E-state index contributed by atoms with van der Waals surface area (Å²) in [5.41, 5.74) is 6.46. The van der Waals surface area contributed by atoms with E-state index in [1.54, 1.807) is 12.1 Å². The molecule has 2 aliphatic rings. The molecule has 0 atom stereocenters. The highest BCUT2D eigenvalue weighted by atomic mass is 32.2. The van der Waals surface area contributed by atoms with Gasteiger partial charge in [-0.15, -0.1) is 0 Å². The molecule has 5 rings (SSSR count). The van der Waals surface area contributed by atoms with Gasteiger partial charge in [0, 0.05) is 24.2 Å². The number of amides is 2. The lowest BCUT2D eigenvalue weighted by Gasteiger charge is -2.25. The molecule has 3 aromatic rings. The number of nitriles is 1. The van der Waals surface area contributed by atoms with E-state index in [1.165, 1.54) is 17.7 Å². The Morgan fingerprint density at radius 1 is 1.08 bits per heavy atom. The predicted octanol–water partition coefficient (Wildman–Crippen LogP) is 4.01. The smallest absolute Gasteiger partial charge is 0.322 e. The van der Waals surface area contributed by atoms with Crippen molar-refractivity contribution >= 4 is 21.7 Å². The number of hydrogen-bond acceptors (Lipinski definition) is 4. The molecule has 3 aromatic carbocycles. The van der Waals surface area contributed by atoms with Gasteiger partial charge in [-0.2, -0.15) is 13.7 Å². The molecule has 36 heavy (non-hydrogen) atoms. The summed E-state index contributed by atoms with van der Waals surface area (Å²) in [5.74, 6) is 0. The van der Waals surface area contributed by atoms with E-state index in [2.05, 4.69) is 22.6 Å². The Kier molecular flexibility index (Phi) is 6.07. The molecule has 2 amide bonds. The van der Waals surface area contributed by atoms with E-state index in [0.29, 0.717) is 18.7 Å². The highest BCUT2D eigenvalue weighted by molar-refractivity contribution is 7.84.